The van der Waals surface area contributed by atoms with Crippen LogP contribution in [-0.4, -0.2) is 26.6 Å². The Morgan fingerprint density at radius 3 is 2.35 bits per heavy atom. The number of hydrogen-bond donors (Lipinski definition) is 1. The van der Waals surface area contributed by atoms with E-state index >= 15 is 0 Å². The Labute approximate surface area is 158 Å². The molecule has 0 spiro atoms. The number of halogens is 1. The zero-order valence-corrected chi connectivity index (χ0v) is 16.3. The van der Waals surface area contributed by atoms with Crippen LogP contribution in [0.3, 0.4) is 0 Å². The second kappa shape index (κ2) is 6.76. The highest BCUT2D eigenvalue weighted by Crippen LogP contribution is 2.39. The van der Waals surface area contributed by atoms with Gasteiger partial charge in [-0.05, 0) is 40.9 Å². The van der Waals surface area contributed by atoms with Crippen molar-refractivity contribution in [2.24, 2.45) is 0 Å². The van der Waals surface area contributed by atoms with Crippen molar-refractivity contribution in [2.75, 3.05) is 17.9 Å². The number of aryl methyl sites for hydroxylation is 1. The molecule has 1 aliphatic rings. The van der Waals surface area contributed by atoms with Crippen molar-refractivity contribution in [2.45, 2.75) is 18.7 Å². The predicted octanol–water partition coefficient (Wildman–Crippen LogP) is 3.55. The number of anilines is 1. The molecule has 0 aromatic heterocycles. The van der Waals surface area contributed by atoms with E-state index in [1.54, 1.807) is 19.9 Å². The third-order valence-electron chi connectivity index (χ3n) is 3.98. The van der Waals surface area contributed by atoms with Gasteiger partial charge in [0.15, 0.2) is 11.5 Å². The lowest BCUT2D eigenvalue weighted by Crippen LogP contribution is -2.18. The number of ether oxygens (including phenoxy) is 2. The molecule has 26 heavy (non-hydrogen) atoms. The van der Waals surface area contributed by atoms with Gasteiger partial charge in [-0.3, -0.25) is 14.8 Å². The number of benzene rings is 2. The molecule has 0 amide bonds. The summed E-state index contributed by atoms with van der Waals surface area (Å²) in [6, 6.07) is 5.51. The molecule has 8 nitrogen and oxygen atoms in total. The van der Waals surface area contributed by atoms with Crippen LogP contribution >= 0.6 is 15.9 Å². The monoisotopic (exact) mass is 442 g/mol. The molecule has 0 atom stereocenters. The summed E-state index contributed by atoms with van der Waals surface area (Å²) in [5.41, 5.74) is 0.921. The van der Waals surface area contributed by atoms with Gasteiger partial charge in [0.2, 0.25) is 0 Å². The van der Waals surface area contributed by atoms with Crippen molar-refractivity contribution < 1.29 is 22.8 Å². The molecular weight excluding hydrogens is 428 g/mol. The molecule has 0 aliphatic carbocycles. The van der Waals surface area contributed by atoms with E-state index in [4.69, 9.17) is 9.47 Å². The number of nitrogens with zero attached hydrogens (tertiary/aromatic N) is 1. The van der Waals surface area contributed by atoms with Crippen LogP contribution < -0.4 is 14.2 Å². The summed E-state index contributed by atoms with van der Waals surface area (Å²) in [6.45, 7) is 4.01. The van der Waals surface area contributed by atoms with Crippen LogP contribution in [0.4, 0.5) is 11.4 Å². The van der Waals surface area contributed by atoms with Crippen molar-refractivity contribution >= 4 is 37.3 Å². The summed E-state index contributed by atoms with van der Waals surface area (Å²) in [7, 11) is -4.05. The summed E-state index contributed by atoms with van der Waals surface area (Å²) >= 11 is 3.30. The third-order valence-corrected chi connectivity index (χ3v) is 6.13. The molecule has 2 aromatic rings. The van der Waals surface area contributed by atoms with Crippen molar-refractivity contribution in [3.05, 3.63) is 50.0 Å². The molecule has 10 heteroatoms. The minimum Gasteiger partial charge on any atom is -0.486 e. The van der Waals surface area contributed by atoms with Crippen LogP contribution in [0, 0.1) is 24.0 Å². The van der Waals surface area contributed by atoms with Gasteiger partial charge >= 0.3 is 0 Å². The second-order valence-corrected chi connectivity index (χ2v) is 8.23. The Bertz CT molecular complexity index is 1010. The van der Waals surface area contributed by atoms with E-state index < -0.39 is 14.9 Å². The largest absolute Gasteiger partial charge is 0.486 e. The van der Waals surface area contributed by atoms with Crippen LogP contribution in [0.2, 0.25) is 0 Å². The Morgan fingerprint density at radius 1 is 1.12 bits per heavy atom. The maximum Gasteiger partial charge on any atom is 0.271 e. The Kier molecular flexibility index (Phi) is 4.80. The average molecular weight is 443 g/mol. The van der Waals surface area contributed by atoms with Gasteiger partial charge in [0.1, 0.15) is 13.2 Å². The summed E-state index contributed by atoms with van der Waals surface area (Å²) in [4.78, 5) is 10.3. The Morgan fingerprint density at radius 2 is 1.73 bits per heavy atom. The summed E-state index contributed by atoms with van der Waals surface area (Å²) < 4.78 is 39.5. The Balaban J connectivity index is 2.04. The summed E-state index contributed by atoms with van der Waals surface area (Å²) in [6.07, 6.45) is 0. The van der Waals surface area contributed by atoms with Gasteiger partial charge in [0.05, 0.1) is 15.5 Å². The van der Waals surface area contributed by atoms with Crippen molar-refractivity contribution in [3.63, 3.8) is 0 Å². The van der Waals surface area contributed by atoms with Gasteiger partial charge in [-0.1, -0.05) is 0 Å². The first kappa shape index (κ1) is 18.5. The number of sulfonamides is 1. The number of hydrogen-bond acceptors (Lipinski definition) is 6. The first-order chi connectivity index (χ1) is 12.2. The molecule has 0 saturated heterocycles. The fraction of sp³-hybridized carbons (Fsp3) is 0.250. The molecule has 0 radical (unpaired) electrons. The molecule has 1 N–H and O–H groups in total. The number of nitro groups is 1. The maximum atomic E-state index is 12.8. The fourth-order valence-corrected chi connectivity index (χ4v) is 4.50. The van der Waals surface area contributed by atoms with Crippen LogP contribution in [0.15, 0.2) is 33.6 Å². The van der Waals surface area contributed by atoms with E-state index in [0.29, 0.717) is 40.3 Å². The zero-order chi connectivity index (χ0) is 19.1. The SMILES string of the molecule is Cc1cc([N+](=O)[O-])cc(S(=O)(=O)Nc2cc3c(cc2Br)OCCO3)c1C. The molecule has 1 heterocycles. The van der Waals surface area contributed by atoms with Crippen LogP contribution in [0.5, 0.6) is 11.5 Å². The van der Waals surface area contributed by atoms with Crippen LogP contribution in [-0.2, 0) is 10.0 Å². The molecule has 1 aliphatic heterocycles. The third kappa shape index (κ3) is 3.47. The minimum absolute atomic E-state index is 0.147. The van der Waals surface area contributed by atoms with Gasteiger partial charge in [-0.15, -0.1) is 0 Å². The van der Waals surface area contributed by atoms with Crippen LogP contribution in [0.25, 0.3) is 0 Å². The van der Waals surface area contributed by atoms with E-state index in [1.165, 1.54) is 12.1 Å². The number of rotatable bonds is 4. The second-order valence-electron chi connectivity index (χ2n) is 5.72. The lowest BCUT2D eigenvalue weighted by molar-refractivity contribution is -0.385. The molecule has 138 valence electrons. The van der Waals surface area contributed by atoms with Crippen molar-refractivity contribution in [1.82, 2.24) is 0 Å². The number of nitrogens with one attached hydrogen (secondary N) is 1. The van der Waals surface area contributed by atoms with E-state index in [1.807, 2.05) is 0 Å². The number of fused-ring (bicyclic) bond motifs is 1. The number of nitro benzene ring substituents is 1. The highest BCUT2D eigenvalue weighted by Gasteiger charge is 2.24. The molecule has 3 rings (SSSR count). The minimum atomic E-state index is -4.05. The molecule has 2 aromatic carbocycles. The summed E-state index contributed by atoms with van der Waals surface area (Å²) in [5.74, 6) is 0.928. The Hall–Kier alpha value is -2.33. The average Bonchev–Trinajstić information content (AvgIpc) is 2.57. The first-order valence-corrected chi connectivity index (χ1v) is 9.84. The van der Waals surface area contributed by atoms with E-state index in [0.717, 1.165) is 6.07 Å². The van der Waals surface area contributed by atoms with E-state index in [-0.39, 0.29) is 16.3 Å². The van der Waals surface area contributed by atoms with Crippen molar-refractivity contribution in [1.29, 1.82) is 0 Å². The first-order valence-electron chi connectivity index (χ1n) is 7.56. The number of non-ortho nitro benzene ring substituents is 1. The smallest absolute Gasteiger partial charge is 0.271 e. The maximum absolute atomic E-state index is 12.8. The quantitative estimate of drug-likeness (QED) is 0.572. The predicted molar refractivity (Wildman–Crippen MR) is 98.5 cm³/mol. The van der Waals surface area contributed by atoms with Gasteiger partial charge < -0.3 is 9.47 Å². The highest BCUT2D eigenvalue weighted by atomic mass is 79.9. The lowest BCUT2D eigenvalue weighted by atomic mass is 10.1. The molecule has 0 bridgehead atoms. The van der Waals surface area contributed by atoms with E-state index in [2.05, 4.69) is 20.7 Å². The standard InChI is InChI=1S/C16H15BrN2O6S/c1-9-5-11(19(20)21)6-16(10(9)2)26(22,23)18-13-8-15-14(7-12(13)17)24-3-4-25-15/h5-8,18H,3-4H2,1-2H3. The molecule has 0 saturated carbocycles. The normalized spacial score (nSPS) is 13.3. The molecule has 0 fully saturated rings. The molecular formula is C16H15BrN2O6S. The van der Waals surface area contributed by atoms with Crippen LogP contribution in [0.1, 0.15) is 11.1 Å². The summed E-state index contributed by atoms with van der Waals surface area (Å²) in [5, 5.41) is 11.1. The van der Waals surface area contributed by atoms with Gasteiger partial charge in [0, 0.05) is 28.7 Å². The highest BCUT2D eigenvalue weighted by molar-refractivity contribution is 9.10. The zero-order valence-electron chi connectivity index (χ0n) is 13.9. The van der Waals surface area contributed by atoms with Gasteiger partial charge in [-0.2, -0.15) is 0 Å². The van der Waals surface area contributed by atoms with Gasteiger partial charge in [-0.25, -0.2) is 8.42 Å². The topological polar surface area (TPSA) is 108 Å². The van der Waals surface area contributed by atoms with Crippen molar-refractivity contribution in [3.8, 4) is 11.5 Å². The lowest BCUT2D eigenvalue weighted by Gasteiger charge is -2.20. The fourth-order valence-electron chi connectivity index (χ4n) is 2.54. The van der Waals surface area contributed by atoms with Gasteiger partial charge in [0.25, 0.3) is 15.7 Å². The van der Waals surface area contributed by atoms with E-state index in [9.17, 15) is 18.5 Å². The molecule has 0 unspecified atom stereocenters.